The Hall–Kier alpha value is -3.23. The highest BCUT2D eigenvalue weighted by Crippen LogP contribution is 2.35. The topological polar surface area (TPSA) is 94.1 Å². The first-order valence-corrected chi connectivity index (χ1v) is 11.7. The van der Waals surface area contributed by atoms with Crippen LogP contribution in [0.3, 0.4) is 0 Å². The minimum atomic E-state index is -0.828. The third kappa shape index (κ3) is 6.65. The van der Waals surface area contributed by atoms with Crippen LogP contribution in [0.25, 0.3) is 10.8 Å². The monoisotopic (exact) mass is 483 g/mol. The van der Waals surface area contributed by atoms with E-state index in [1.807, 2.05) is 44.2 Å². The highest BCUT2D eigenvalue weighted by molar-refractivity contribution is 7.81. The molecule has 0 unspecified atom stereocenters. The average Bonchev–Trinajstić information content (AvgIpc) is 2.84. The summed E-state index contributed by atoms with van der Waals surface area (Å²) in [5.41, 5.74) is 2.34. The number of aryl methyl sites for hydroxylation is 1. The standard InChI is InChI=1S/C26H29NO6S/c1-3-31-23(14-15-32-24(29)16-34)25(33-26(30)27-18-10-8-17(2)9-11-18)21-12-13-22(28)20-7-5-4-6-19(20)21/h4-13,23,25,28,34H,3,14-16H2,1-2H3,(H,27,30)/t23-,25-/m1/s1. The number of aromatic hydroxyl groups is 1. The molecule has 2 N–H and O–H groups in total. The molecule has 0 aromatic heterocycles. The number of rotatable bonds is 10. The second-order valence-corrected chi connectivity index (χ2v) is 8.01. The summed E-state index contributed by atoms with van der Waals surface area (Å²) in [7, 11) is 0. The Bertz CT molecular complexity index is 1120. The molecule has 0 radical (unpaired) electrons. The quantitative estimate of drug-likeness (QED) is 0.264. The van der Waals surface area contributed by atoms with Crippen LogP contribution in [0.4, 0.5) is 10.5 Å². The van der Waals surface area contributed by atoms with E-state index in [1.165, 1.54) is 0 Å². The van der Waals surface area contributed by atoms with Gasteiger partial charge in [-0.15, -0.1) is 0 Å². The lowest BCUT2D eigenvalue weighted by Gasteiger charge is -2.28. The molecule has 180 valence electrons. The molecular formula is C26H29NO6S. The molecule has 7 nitrogen and oxygen atoms in total. The zero-order valence-electron chi connectivity index (χ0n) is 19.2. The first kappa shape index (κ1) is 25.4. The Labute approximate surface area is 204 Å². The SMILES string of the molecule is CCO[C@H](CCOC(=O)CS)[C@H](OC(=O)Nc1ccc(C)cc1)c1ccc(O)c2ccccc12. The van der Waals surface area contributed by atoms with Gasteiger partial charge in [-0.1, -0.05) is 48.0 Å². The Balaban J connectivity index is 1.93. The van der Waals surface area contributed by atoms with E-state index in [0.29, 0.717) is 29.7 Å². The number of hydrogen-bond donors (Lipinski definition) is 3. The van der Waals surface area contributed by atoms with Crippen molar-refractivity contribution >= 4 is 41.2 Å². The van der Waals surface area contributed by atoms with Crippen LogP contribution in [0.1, 0.15) is 30.6 Å². The first-order valence-electron chi connectivity index (χ1n) is 11.1. The van der Waals surface area contributed by atoms with Gasteiger partial charge in [0.25, 0.3) is 0 Å². The van der Waals surface area contributed by atoms with E-state index in [0.717, 1.165) is 10.9 Å². The number of carbonyl (C=O) groups excluding carboxylic acids is 2. The third-order valence-electron chi connectivity index (χ3n) is 5.29. The molecule has 0 aliphatic rings. The summed E-state index contributed by atoms with van der Waals surface area (Å²) >= 11 is 3.92. The Morgan fingerprint density at radius 3 is 2.41 bits per heavy atom. The Morgan fingerprint density at radius 2 is 1.74 bits per heavy atom. The van der Waals surface area contributed by atoms with Crippen molar-refractivity contribution in [3.8, 4) is 5.75 Å². The third-order valence-corrected chi connectivity index (χ3v) is 5.54. The highest BCUT2D eigenvalue weighted by Gasteiger charge is 2.30. The van der Waals surface area contributed by atoms with Crippen LogP contribution in [0.5, 0.6) is 5.75 Å². The average molecular weight is 484 g/mol. The highest BCUT2D eigenvalue weighted by atomic mass is 32.1. The number of anilines is 1. The van der Waals surface area contributed by atoms with E-state index in [-0.39, 0.29) is 18.1 Å². The molecular weight excluding hydrogens is 454 g/mol. The first-order chi connectivity index (χ1) is 16.4. The molecule has 3 aromatic rings. The van der Waals surface area contributed by atoms with E-state index < -0.39 is 24.3 Å². The molecule has 0 fully saturated rings. The fourth-order valence-electron chi connectivity index (χ4n) is 3.66. The van der Waals surface area contributed by atoms with E-state index in [9.17, 15) is 14.7 Å². The summed E-state index contributed by atoms with van der Waals surface area (Å²) in [4.78, 5) is 24.4. The minimum absolute atomic E-state index is 0.0270. The summed E-state index contributed by atoms with van der Waals surface area (Å²) in [6.45, 7) is 4.24. The molecule has 0 bridgehead atoms. The van der Waals surface area contributed by atoms with E-state index in [4.69, 9.17) is 14.2 Å². The van der Waals surface area contributed by atoms with Crippen LogP contribution >= 0.6 is 12.6 Å². The number of benzene rings is 3. The zero-order valence-corrected chi connectivity index (χ0v) is 20.1. The van der Waals surface area contributed by atoms with Crippen molar-refractivity contribution in [1.29, 1.82) is 0 Å². The molecule has 3 aromatic carbocycles. The van der Waals surface area contributed by atoms with Gasteiger partial charge in [0.2, 0.25) is 0 Å². The molecule has 34 heavy (non-hydrogen) atoms. The van der Waals surface area contributed by atoms with Crippen molar-refractivity contribution in [2.45, 2.75) is 32.5 Å². The maximum atomic E-state index is 12.9. The van der Waals surface area contributed by atoms with Gasteiger partial charge in [0.05, 0.1) is 12.4 Å². The van der Waals surface area contributed by atoms with Crippen LogP contribution in [-0.2, 0) is 19.0 Å². The van der Waals surface area contributed by atoms with E-state index in [1.54, 1.807) is 30.3 Å². The van der Waals surface area contributed by atoms with Gasteiger partial charge < -0.3 is 19.3 Å². The molecule has 0 saturated heterocycles. The van der Waals surface area contributed by atoms with Gasteiger partial charge in [-0.25, -0.2) is 4.79 Å². The lowest BCUT2D eigenvalue weighted by Crippen LogP contribution is -2.30. The number of carbonyl (C=O) groups is 2. The maximum absolute atomic E-state index is 12.9. The molecule has 3 rings (SSSR count). The zero-order chi connectivity index (χ0) is 24.5. The van der Waals surface area contributed by atoms with Crippen molar-refractivity contribution < 1.29 is 28.9 Å². The molecule has 0 aliphatic carbocycles. The summed E-state index contributed by atoms with van der Waals surface area (Å²) < 4.78 is 17.0. The molecule has 0 saturated carbocycles. The van der Waals surface area contributed by atoms with Gasteiger partial charge in [-0.2, -0.15) is 12.6 Å². The number of hydrogen-bond acceptors (Lipinski definition) is 7. The van der Waals surface area contributed by atoms with Crippen LogP contribution < -0.4 is 5.32 Å². The lowest BCUT2D eigenvalue weighted by atomic mass is 9.95. The number of phenolic OH excluding ortho intramolecular Hbond substituents is 1. The summed E-state index contributed by atoms with van der Waals surface area (Å²) in [6, 6.07) is 17.9. The number of nitrogens with one attached hydrogen (secondary N) is 1. The van der Waals surface area contributed by atoms with Gasteiger partial charge in [-0.3, -0.25) is 10.1 Å². The summed E-state index contributed by atoms with van der Waals surface area (Å²) in [5, 5.41) is 14.4. The summed E-state index contributed by atoms with van der Waals surface area (Å²) in [5.74, 6) is -0.345. The van der Waals surface area contributed by atoms with Gasteiger partial charge >= 0.3 is 12.1 Å². The second kappa shape index (κ2) is 12.3. The van der Waals surface area contributed by atoms with Crippen molar-refractivity contribution in [3.63, 3.8) is 0 Å². The largest absolute Gasteiger partial charge is 0.507 e. The van der Waals surface area contributed by atoms with Gasteiger partial charge in [0, 0.05) is 29.7 Å². The Kier molecular flexibility index (Phi) is 9.18. The molecule has 1 amide bonds. The fourth-order valence-corrected chi connectivity index (χ4v) is 3.76. The predicted molar refractivity (Wildman–Crippen MR) is 134 cm³/mol. The van der Waals surface area contributed by atoms with Gasteiger partial charge in [0.15, 0.2) is 6.10 Å². The molecule has 0 aliphatic heterocycles. The predicted octanol–water partition coefficient (Wildman–Crippen LogP) is 5.41. The van der Waals surface area contributed by atoms with E-state index >= 15 is 0 Å². The lowest BCUT2D eigenvalue weighted by molar-refractivity contribution is -0.142. The van der Waals surface area contributed by atoms with Gasteiger partial charge in [-0.05, 0) is 37.4 Å². The maximum Gasteiger partial charge on any atom is 0.412 e. The second-order valence-electron chi connectivity index (χ2n) is 7.70. The van der Waals surface area contributed by atoms with Crippen LogP contribution in [-0.4, -0.2) is 42.2 Å². The van der Waals surface area contributed by atoms with Crippen molar-refractivity contribution in [1.82, 2.24) is 0 Å². The van der Waals surface area contributed by atoms with Crippen LogP contribution in [0.2, 0.25) is 0 Å². The number of amides is 1. The van der Waals surface area contributed by atoms with E-state index in [2.05, 4.69) is 17.9 Å². The van der Waals surface area contributed by atoms with Crippen LogP contribution in [0.15, 0.2) is 60.7 Å². The summed E-state index contributed by atoms with van der Waals surface area (Å²) in [6.07, 6.45) is -1.78. The normalized spacial score (nSPS) is 12.7. The number of thiol groups is 1. The minimum Gasteiger partial charge on any atom is -0.507 e. The van der Waals surface area contributed by atoms with Crippen molar-refractivity contribution in [2.75, 3.05) is 24.3 Å². The Morgan fingerprint density at radius 1 is 1.03 bits per heavy atom. The fraction of sp³-hybridized carbons (Fsp3) is 0.308. The number of ether oxygens (including phenoxy) is 3. The van der Waals surface area contributed by atoms with Crippen molar-refractivity contribution in [3.05, 3.63) is 71.8 Å². The molecule has 8 heteroatoms. The number of phenols is 1. The van der Waals surface area contributed by atoms with Crippen molar-refractivity contribution in [2.24, 2.45) is 0 Å². The smallest absolute Gasteiger partial charge is 0.412 e. The molecule has 0 spiro atoms. The number of esters is 1. The molecule has 2 atom stereocenters. The van der Waals surface area contributed by atoms with Crippen LogP contribution in [0, 0.1) is 6.92 Å². The number of fused-ring (bicyclic) bond motifs is 1. The molecule has 0 heterocycles. The van der Waals surface area contributed by atoms with Gasteiger partial charge in [0.1, 0.15) is 11.9 Å².